The number of pyridine rings is 1. The fraction of sp³-hybridized carbons (Fsp3) is 0.440. The minimum atomic E-state index is -4.41. The Morgan fingerprint density at radius 3 is 2.25 bits per heavy atom. The molecule has 36 heavy (non-hydrogen) atoms. The molecular weight excluding hydrogens is 484 g/mol. The average molecular weight is 517 g/mol. The zero-order valence-electron chi connectivity index (χ0n) is 21.2. The smallest absolute Gasteiger partial charge is 0.424 e. The van der Waals surface area contributed by atoms with Crippen LogP contribution in [0, 0.1) is 12.8 Å². The predicted octanol–water partition coefficient (Wildman–Crippen LogP) is 3.86. The number of imidazole rings is 1. The lowest BCUT2D eigenvalue weighted by molar-refractivity contribution is -0.147. The van der Waals surface area contributed by atoms with Gasteiger partial charge in [-0.3, -0.25) is 0 Å². The summed E-state index contributed by atoms with van der Waals surface area (Å²) in [5.41, 5.74) is 2.41. The molecule has 0 bridgehead atoms. The van der Waals surface area contributed by atoms with Gasteiger partial charge in [0.1, 0.15) is 17.6 Å². The number of aryl methyl sites for hydroxylation is 1. The van der Waals surface area contributed by atoms with Crippen molar-refractivity contribution in [2.24, 2.45) is 5.92 Å². The number of sulfonamides is 1. The van der Waals surface area contributed by atoms with Gasteiger partial charge in [-0.1, -0.05) is 26.0 Å². The summed E-state index contributed by atoms with van der Waals surface area (Å²) in [7, 11) is -4.41. The van der Waals surface area contributed by atoms with Crippen LogP contribution in [0.25, 0.3) is 11.4 Å². The number of aromatic nitrogens is 3. The fourth-order valence-corrected chi connectivity index (χ4v) is 5.28. The van der Waals surface area contributed by atoms with Gasteiger partial charge >= 0.3 is 12.1 Å². The summed E-state index contributed by atoms with van der Waals surface area (Å²) in [6, 6.07) is 6.69. The summed E-state index contributed by atoms with van der Waals surface area (Å²) < 4.78 is 39.8. The Morgan fingerprint density at radius 1 is 1.00 bits per heavy atom. The number of rotatable bonds is 10. The van der Waals surface area contributed by atoms with Crippen molar-refractivity contribution in [3.05, 3.63) is 54.1 Å². The van der Waals surface area contributed by atoms with E-state index in [1.165, 1.54) is 12.1 Å². The van der Waals surface area contributed by atoms with Gasteiger partial charge in [-0.2, -0.15) is 4.31 Å². The van der Waals surface area contributed by atoms with Gasteiger partial charge in [0.2, 0.25) is 0 Å². The molecule has 0 fully saturated rings. The Morgan fingerprint density at radius 2 is 1.64 bits per heavy atom. The molecule has 1 amide bonds. The highest BCUT2D eigenvalue weighted by atomic mass is 32.2. The van der Waals surface area contributed by atoms with E-state index in [0.717, 1.165) is 17.0 Å². The first kappa shape index (κ1) is 27.1. The Bertz CT molecular complexity index is 1270. The molecule has 10 nitrogen and oxygen atoms in total. The normalized spacial score (nSPS) is 12.5. The SMILES string of the molecule is CCOC(=O)[C@H](CC(C)C)N(C(=O)OCC)S(=O)(=O)c1ccc(Cn2ccc3nc(C)nc-3c2)cc1. The second kappa shape index (κ2) is 11.5. The van der Waals surface area contributed by atoms with Crippen molar-refractivity contribution in [3.63, 3.8) is 0 Å². The van der Waals surface area contributed by atoms with Crippen LogP contribution in [0.4, 0.5) is 4.79 Å². The minimum absolute atomic E-state index is 0.0458. The molecule has 0 unspecified atom stereocenters. The summed E-state index contributed by atoms with van der Waals surface area (Å²) in [5, 5.41) is 0. The molecule has 1 aromatic rings. The summed E-state index contributed by atoms with van der Waals surface area (Å²) in [6.45, 7) is 9.15. The van der Waals surface area contributed by atoms with Gasteiger partial charge in [-0.15, -0.1) is 0 Å². The molecule has 0 saturated carbocycles. The van der Waals surface area contributed by atoms with E-state index in [1.54, 1.807) is 26.0 Å². The maximum absolute atomic E-state index is 13.6. The number of nitrogens with zero attached hydrogens (tertiary/aromatic N) is 4. The van der Waals surface area contributed by atoms with Crippen LogP contribution in [-0.2, 0) is 30.8 Å². The molecule has 2 aliphatic rings. The summed E-state index contributed by atoms with van der Waals surface area (Å²) in [6.07, 6.45) is 2.73. The van der Waals surface area contributed by atoms with E-state index in [2.05, 4.69) is 9.97 Å². The first-order chi connectivity index (χ1) is 17.1. The van der Waals surface area contributed by atoms with E-state index in [1.807, 2.05) is 43.8 Å². The monoisotopic (exact) mass is 516 g/mol. The van der Waals surface area contributed by atoms with Crippen molar-refractivity contribution in [2.45, 2.75) is 58.5 Å². The van der Waals surface area contributed by atoms with Crippen LogP contribution < -0.4 is 0 Å². The lowest BCUT2D eigenvalue weighted by atomic mass is 10.0. The molecule has 1 atom stereocenters. The number of ether oxygens (including phenoxy) is 2. The Kier molecular flexibility index (Phi) is 8.67. The van der Waals surface area contributed by atoms with Gasteiger partial charge in [0.15, 0.2) is 0 Å². The second-order valence-corrected chi connectivity index (χ2v) is 10.5. The van der Waals surface area contributed by atoms with Crippen LogP contribution in [0.2, 0.25) is 0 Å². The van der Waals surface area contributed by atoms with Gasteiger partial charge in [0.25, 0.3) is 10.0 Å². The van der Waals surface area contributed by atoms with Crippen LogP contribution in [-0.4, -0.2) is 58.6 Å². The first-order valence-corrected chi connectivity index (χ1v) is 13.3. The molecule has 3 rings (SSSR count). The largest absolute Gasteiger partial charge is 0.464 e. The maximum Gasteiger partial charge on any atom is 0.424 e. The summed E-state index contributed by atoms with van der Waals surface area (Å²) >= 11 is 0. The molecule has 1 aromatic carbocycles. The van der Waals surface area contributed by atoms with Crippen molar-refractivity contribution < 1.29 is 27.5 Å². The number of hydrogen-bond acceptors (Lipinski definition) is 8. The van der Waals surface area contributed by atoms with E-state index >= 15 is 0 Å². The van der Waals surface area contributed by atoms with Gasteiger partial charge in [0, 0.05) is 18.9 Å². The van der Waals surface area contributed by atoms with Gasteiger partial charge in [0.05, 0.1) is 23.8 Å². The first-order valence-electron chi connectivity index (χ1n) is 11.8. The number of carbonyl (C=O) groups is 2. The molecule has 0 spiro atoms. The van der Waals surface area contributed by atoms with Gasteiger partial charge in [-0.25, -0.2) is 28.0 Å². The van der Waals surface area contributed by atoms with Crippen LogP contribution >= 0.6 is 0 Å². The van der Waals surface area contributed by atoms with Crippen LogP contribution in [0.5, 0.6) is 0 Å². The van der Waals surface area contributed by atoms with Crippen molar-refractivity contribution >= 4 is 22.1 Å². The highest BCUT2D eigenvalue weighted by Gasteiger charge is 2.42. The molecule has 0 saturated heterocycles. The standard InChI is InChI=1S/C25H32N4O6S/c1-6-34-24(30)23(14-17(3)4)29(25(31)35-7-2)36(32,33)20-10-8-19(9-11-20)15-28-13-12-21-22(16-28)27-18(5)26-21/h8-13,16-17,23H,6-7,14-15H2,1-5H3/t23-/m0/s1. The molecule has 0 aliphatic carbocycles. The molecule has 2 aliphatic heterocycles. The van der Waals surface area contributed by atoms with E-state index in [-0.39, 0.29) is 30.4 Å². The number of carbonyl (C=O) groups excluding carboxylic acids is 2. The Balaban J connectivity index is 1.92. The highest BCUT2D eigenvalue weighted by Crippen LogP contribution is 2.25. The van der Waals surface area contributed by atoms with Crippen LogP contribution in [0.15, 0.2) is 47.6 Å². The number of hydrogen-bond donors (Lipinski definition) is 0. The molecular formula is C25H32N4O6S. The highest BCUT2D eigenvalue weighted by molar-refractivity contribution is 7.89. The number of amides is 1. The molecule has 2 heterocycles. The zero-order valence-corrected chi connectivity index (χ0v) is 22.0. The zero-order chi connectivity index (χ0) is 26.5. The quantitative estimate of drug-likeness (QED) is 0.373. The molecule has 11 heteroatoms. The van der Waals surface area contributed by atoms with Crippen molar-refractivity contribution in [2.75, 3.05) is 13.2 Å². The Labute approximate surface area is 211 Å². The minimum Gasteiger partial charge on any atom is -0.464 e. The van der Waals surface area contributed by atoms with Crippen LogP contribution in [0.1, 0.15) is 45.5 Å². The number of esters is 1. The lowest BCUT2D eigenvalue weighted by Crippen LogP contribution is -2.50. The number of benzene rings is 1. The maximum atomic E-state index is 13.6. The third-order valence-corrected chi connectivity index (χ3v) is 7.16. The van der Waals surface area contributed by atoms with E-state index in [9.17, 15) is 18.0 Å². The van der Waals surface area contributed by atoms with E-state index in [4.69, 9.17) is 9.47 Å². The fourth-order valence-electron chi connectivity index (χ4n) is 3.81. The molecule has 0 aromatic heterocycles. The van der Waals surface area contributed by atoms with E-state index < -0.39 is 28.1 Å². The molecule has 0 N–H and O–H groups in total. The van der Waals surface area contributed by atoms with Crippen molar-refractivity contribution in [3.8, 4) is 11.4 Å². The predicted molar refractivity (Wildman–Crippen MR) is 133 cm³/mol. The summed E-state index contributed by atoms with van der Waals surface area (Å²) in [4.78, 5) is 34.1. The lowest BCUT2D eigenvalue weighted by Gasteiger charge is -2.29. The number of fused-ring (bicyclic) bond motifs is 1. The third-order valence-electron chi connectivity index (χ3n) is 5.37. The third kappa shape index (κ3) is 6.20. The van der Waals surface area contributed by atoms with Crippen LogP contribution in [0.3, 0.4) is 0 Å². The second-order valence-electron chi connectivity index (χ2n) is 8.70. The van der Waals surface area contributed by atoms with E-state index in [0.29, 0.717) is 16.7 Å². The molecule has 0 radical (unpaired) electrons. The van der Waals surface area contributed by atoms with Crippen molar-refractivity contribution in [1.29, 1.82) is 0 Å². The van der Waals surface area contributed by atoms with Gasteiger partial charge < -0.3 is 14.0 Å². The van der Waals surface area contributed by atoms with Crippen molar-refractivity contribution in [1.82, 2.24) is 18.8 Å². The molecule has 194 valence electrons. The summed E-state index contributed by atoms with van der Waals surface area (Å²) in [5.74, 6) is -0.182. The average Bonchev–Trinajstić information content (AvgIpc) is 3.18. The Hall–Kier alpha value is -3.47. The topological polar surface area (TPSA) is 121 Å². The van der Waals surface area contributed by atoms with Gasteiger partial charge in [-0.05, 0) is 56.9 Å².